The molecule has 0 bridgehead atoms. The van der Waals surface area contributed by atoms with Gasteiger partial charge < -0.3 is 5.73 Å². The molecule has 1 heterocycles. The second-order valence-electron chi connectivity index (χ2n) is 5.58. The lowest BCUT2D eigenvalue weighted by Crippen LogP contribution is -2.38. The second kappa shape index (κ2) is 5.98. The molecule has 1 atom stereocenters. The standard InChI is InChI=1S/C14H19FN2O2S2/c1-9(2)13-4-3-7-17(13)21(18,19)10-5-6-12(15)11(8-10)14(16)20/h5-6,8-9,13H,3-4,7H2,1-2H3,(H2,16,20). The molecule has 1 aromatic rings. The van der Waals surface area contributed by atoms with Crippen molar-refractivity contribution in [2.45, 2.75) is 37.6 Å². The van der Waals surface area contributed by atoms with Crippen molar-refractivity contribution < 1.29 is 12.8 Å². The number of sulfonamides is 1. The molecule has 0 aliphatic carbocycles. The van der Waals surface area contributed by atoms with E-state index in [1.807, 2.05) is 13.8 Å². The lowest BCUT2D eigenvalue weighted by atomic mass is 10.0. The molecule has 0 saturated carbocycles. The van der Waals surface area contributed by atoms with Crippen molar-refractivity contribution in [2.24, 2.45) is 11.7 Å². The van der Waals surface area contributed by atoms with Gasteiger partial charge in [-0.2, -0.15) is 4.31 Å². The summed E-state index contributed by atoms with van der Waals surface area (Å²) in [5.41, 5.74) is 5.40. The summed E-state index contributed by atoms with van der Waals surface area (Å²) < 4.78 is 40.6. The van der Waals surface area contributed by atoms with Crippen LogP contribution in [0.4, 0.5) is 4.39 Å². The Bertz CT molecular complexity index is 659. The van der Waals surface area contributed by atoms with Gasteiger partial charge in [0.2, 0.25) is 10.0 Å². The topological polar surface area (TPSA) is 63.4 Å². The van der Waals surface area contributed by atoms with Crippen molar-refractivity contribution in [1.82, 2.24) is 4.31 Å². The zero-order valence-corrected chi connectivity index (χ0v) is 13.7. The molecule has 0 spiro atoms. The summed E-state index contributed by atoms with van der Waals surface area (Å²) in [4.78, 5) is -0.106. The minimum atomic E-state index is -3.65. The maximum absolute atomic E-state index is 13.6. The van der Waals surface area contributed by atoms with Crippen LogP contribution in [-0.2, 0) is 10.0 Å². The molecule has 1 aliphatic heterocycles. The molecule has 1 aromatic carbocycles. The zero-order chi connectivity index (χ0) is 15.8. The van der Waals surface area contributed by atoms with E-state index in [1.54, 1.807) is 0 Å². The number of nitrogens with zero attached hydrogens (tertiary/aromatic N) is 1. The van der Waals surface area contributed by atoms with E-state index in [0.29, 0.717) is 6.54 Å². The maximum atomic E-state index is 13.6. The zero-order valence-electron chi connectivity index (χ0n) is 12.0. The molecule has 21 heavy (non-hydrogen) atoms. The third kappa shape index (κ3) is 3.09. The molecule has 0 radical (unpaired) electrons. The first kappa shape index (κ1) is 16.3. The number of hydrogen-bond acceptors (Lipinski definition) is 3. The highest BCUT2D eigenvalue weighted by molar-refractivity contribution is 7.89. The molecule has 0 amide bonds. The van der Waals surface area contributed by atoms with Crippen molar-refractivity contribution in [3.8, 4) is 0 Å². The maximum Gasteiger partial charge on any atom is 0.243 e. The Labute approximate surface area is 130 Å². The highest BCUT2D eigenvalue weighted by Gasteiger charge is 2.37. The van der Waals surface area contributed by atoms with Gasteiger partial charge in [0.05, 0.1) is 4.90 Å². The molecular formula is C14H19FN2O2S2. The van der Waals surface area contributed by atoms with Crippen LogP contribution in [0.5, 0.6) is 0 Å². The largest absolute Gasteiger partial charge is 0.389 e. The van der Waals surface area contributed by atoms with Crippen molar-refractivity contribution >= 4 is 27.2 Å². The summed E-state index contributed by atoms with van der Waals surface area (Å²) in [5, 5.41) is 0. The highest BCUT2D eigenvalue weighted by atomic mass is 32.2. The van der Waals surface area contributed by atoms with Crippen molar-refractivity contribution in [1.29, 1.82) is 0 Å². The summed E-state index contributed by atoms with van der Waals surface area (Å²) in [7, 11) is -3.65. The van der Waals surface area contributed by atoms with Crippen molar-refractivity contribution in [2.75, 3.05) is 6.54 Å². The van der Waals surface area contributed by atoms with Crippen LogP contribution in [0.15, 0.2) is 23.1 Å². The average molecular weight is 330 g/mol. The SMILES string of the molecule is CC(C)C1CCCN1S(=O)(=O)c1ccc(F)c(C(N)=S)c1. The number of benzene rings is 1. The quantitative estimate of drug-likeness (QED) is 0.860. The Morgan fingerprint density at radius 2 is 2.14 bits per heavy atom. The van der Waals surface area contributed by atoms with Crippen LogP contribution in [-0.4, -0.2) is 30.3 Å². The van der Waals surface area contributed by atoms with Gasteiger partial charge in [-0.05, 0) is 37.0 Å². The number of halogens is 1. The third-order valence-corrected chi connectivity index (χ3v) is 5.97. The minimum absolute atomic E-state index is 0.0201. The molecule has 116 valence electrons. The van der Waals surface area contributed by atoms with Gasteiger partial charge in [0.25, 0.3) is 0 Å². The molecule has 4 nitrogen and oxygen atoms in total. The number of hydrogen-bond donors (Lipinski definition) is 1. The third-order valence-electron chi connectivity index (χ3n) is 3.83. The Balaban J connectivity index is 2.45. The Morgan fingerprint density at radius 1 is 1.48 bits per heavy atom. The molecule has 1 saturated heterocycles. The fourth-order valence-corrected chi connectivity index (χ4v) is 4.73. The summed E-state index contributed by atoms with van der Waals surface area (Å²) in [6.45, 7) is 4.50. The van der Waals surface area contributed by atoms with Crippen LogP contribution in [0.25, 0.3) is 0 Å². The van der Waals surface area contributed by atoms with Gasteiger partial charge in [-0.1, -0.05) is 26.1 Å². The van der Waals surface area contributed by atoms with Crippen LogP contribution in [0, 0.1) is 11.7 Å². The number of nitrogens with two attached hydrogens (primary N) is 1. The number of thiocarbonyl (C=S) groups is 1. The average Bonchev–Trinajstić information content (AvgIpc) is 2.88. The molecule has 1 fully saturated rings. The predicted molar refractivity (Wildman–Crippen MR) is 84.0 cm³/mol. The lowest BCUT2D eigenvalue weighted by molar-refractivity contribution is 0.315. The van der Waals surface area contributed by atoms with Crippen molar-refractivity contribution in [3.63, 3.8) is 0 Å². The Morgan fingerprint density at radius 3 is 2.71 bits per heavy atom. The first-order chi connectivity index (χ1) is 9.75. The van der Waals surface area contributed by atoms with E-state index >= 15 is 0 Å². The summed E-state index contributed by atoms with van der Waals surface area (Å²) in [5.74, 6) is -0.374. The van der Waals surface area contributed by atoms with E-state index in [9.17, 15) is 12.8 Å². The van der Waals surface area contributed by atoms with Crippen LogP contribution in [0.1, 0.15) is 32.3 Å². The highest BCUT2D eigenvalue weighted by Crippen LogP contribution is 2.30. The van der Waals surface area contributed by atoms with Gasteiger partial charge in [-0.25, -0.2) is 12.8 Å². The fraction of sp³-hybridized carbons (Fsp3) is 0.500. The van der Waals surface area contributed by atoms with Gasteiger partial charge in [0.15, 0.2) is 0 Å². The molecule has 0 aromatic heterocycles. The summed E-state index contributed by atoms with van der Waals surface area (Å²) in [6, 6.07) is 3.57. The molecule has 2 rings (SSSR count). The van der Waals surface area contributed by atoms with E-state index in [2.05, 4.69) is 0 Å². The first-order valence-corrected chi connectivity index (χ1v) is 8.71. The molecule has 7 heteroatoms. The summed E-state index contributed by atoms with van der Waals surface area (Å²) >= 11 is 4.76. The summed E-state index contributed by atoms with van der Waals surface area (Å²) in [6.07, 6.45) is 1.69. The van der Waals surface area contributed by atoms with E-state index in [-0.39, 0.29) is 27.4 Å². The Kier molecular flexibility index (Phi) is 4.65. The van der Waals surface area contributed by atoms with E-state index in [4.69, 9.17) is 18.0 Å². The first-order valence-electron chi connectivity index (χ1n) is 6.86. The second-order valence-corrected chi connectivity index (χ2v) is 7.91. The molecule has 2 N–H and O–H groups in total. The van der Waals surface area contributed by atoms with Gasteiger partial charge in [0.1, 0.15) is 10.8 Å². The van der Waals surface area contributed by atoms with E-state index < -0.39 is 15.8 Å². The predicted octanol–water partition coefficient (Wildman–Crippen LogP) is 2.27. The Hall–Kier alpha value is -1.05. The fourth-order valence-electron chi connectivity index (χ4n) is 2.72. The smallest absolute Gasteiger partial charge is 0.243 e. The van der Waals surface area contributed by atoms with Crippen LogP contribution >= 0.6 is 12.2 Å². The minimum Gasteiger partial charge on any atom is -0.389 e. The van der Waals surface area contributed by atoms with E-state index in [0.717, 1.165) is 18.9 Å². The van der Waals surface area contributed by atoms with Gasteiger partial charge in [0, 0.05) is 18.2 Å². The van der Waals surface area contributed by atoms with Crippen LogP contribution in [0.2, 0.25) is 0 Å². The molecular weight excluding hydrogens is 311 g/mol. The molecule has 1 unspecified atom stereocenters. The van der Waals surface area contributed by atoms with Crippen LogP contribution < -0.4 is 5.73 Å². The van der Waals surface area contributed by atoms with Gasteiger partial charge in [-0.15, -0.1) is 0 Å². The number of rotatable bonds is 4. The lowest BCUT2D eigenvalue weighted by Gasteiger charge is -2.27. The molecule has 1 aliphatic rings. The van der Waals surface area contributed by atoms with Gasteiger partial charge >= 0.3 is 0 Å². The van der Waals surface area contributed by atoms with Gasteiger partial charge in [-0.3, -0.25) is 0 Å². The monoisotopic (exact) mass is 330 g/mol. The van der Waals surface area contributed by atoms with Crippen LogP contribution in [0.3, 0.4) is 0 Å². The van der Waals surface area contributed by atoms with E-state index in [1.165, 1.54) is 16.4 Å². The normalized spacial score (nSPS) is 20.1. The van der Waals surface area contributed by atoms with Crippen molar-refractivity contribution in [3.05, 3.63) is 29.6 Å².